The van der Waals surface area contributed by atoms with Gasteiger partial charge >= 0.3 is 0 Å². The molecule has 1 amide bonds. The molecule has 1 aromatic rings. The number of amides is 1. The second-order valence-electron chi connectivity index (χ2n) is 8.61. The molecule has 1 saturated heterocycles. The summed E-state index contributed by atoms with van der Waals surface area (Å²) in [5.74, 6) is 3.16. The Kier molecular flexibility index (Phi) is 10.2. The van der Waals surface area contributed by atoms with E-state index in [0.29, 0.717) is 12.3 Å². The Morgan fingerprint density at radius 1 is 1.07 bits per heavy atom. The van der Waals surface area contributed by atoms with Crippen molar-refractivity contribution in [3.63, 3.8) is 0 Å². The lowest BCUT2D eigenvalue weighted by atomic mass is 9.83. The molecular weight excluding hydrogens is 475 g/mol. The molecule has 1 atom stereocenters. The van der Waals surface area contributed by atoms with Crippen LogP contribution in [0.25, 0.3) is 0 Å². The molecule has 2 aliphatic rings. The predicted octanol–water partition coefficient (Wildman–Crippen LogP) is 3.69. The molecule has 1 aromatic carbocycles. The minimum Gasteiger partial charge on any atom is -0.356 e. The summed E-state index contributed by atoms with van der Waals surface area (Å²) in [6.07, 6.45) is 6.90. The van der Waals surface area contributed by atoms with Crippen LogP contribution in [0, 0.1) is 17.8 Å². The summed E-state index contributed by atoms with van der Waals surface area (Å²) >= 11 is 0. The summed E-state index contributed by atoms with van der Waals surface area (Å²) < 4.78 is 0. The van der Waals surface area contributed by atoms with Crippen molar-refractivity contribution in [2.24, 2.45) is 22.7 Å². The highest BCUT2D eigenvalue weighted by Crippen LogP contribution is 2.27. The van der Waals surface area contributed by atoms with Crippen LogP contribution in [-0.4, -0.2) is 50.0 Å². The van der Waals surface area contributed by atoms with Crippen LogP contribution < -0.4 is 10.6 Å². The molecular formula is C23H37IN4O. The van der Waals surface area contributed by atoms with Crippen LogP contribution in [0.15, 0.2) is 35.3 Å². The van der Waals surface area contributed by atoms with Crippen LogP contribution in [0.2, 0.25) is 0 Å². The van der Waals surface area contributed by atoms with E-state index in [1.54, 1.807) is 0 Å². The second-order valence-corrected chi connectivity index (χ2v) is 8.61. The highest BCUT2D eigenvalue weighted by molar-refractivity contribution is 14.0. The summed E-state index contributed by atoms with van der Waals surface area (Å²) in [7, 11) is 1.82. The van der Waals surface area contributed by atoms with Gasteiger partial charge in [0.15, 0.2) is 5.96 Å². The van der Waals surface area contributed by atoms with Crippen molar-refractivity contribution in [1.29, 1.82) is 0 Å². The second kappa shape index (κ2) is 12.4. The summed E-state index contributed by atoms with van der Waals surface area (Å²) in [5.41, 5.74) is 1.29. The van der Waals surface area contributed by atoms with Crippen LogP contribution >= 0.6 is 24.0 Å². The summed E-state index contributed by atoms with van der Waals surface area (Å²) in [4.78, 5) is 18.7. The lowest BCUT2D eigenvalue weighted by molar-refractivity contribution is -0.127. The van der Waals surface area contributed by atoms with E-state index in [9.17, 15) is 4.79 Å². The molecule has 1 unspecified atom stereocenters. The average molecular weight is 512 g/mol. The summed E-state index contributed by atoms with van der Waals surface area (Å²) in [5, 5.41) is 6.92. The predicted molar refractivity (Wildman–Crippen MR) is 131 cm³/mol. The highest BCUT2D eigenvalue weighted by atomic mass is 127. The van der Waals surface area contributed by atoms with Crippen molar-refractivity contribution in [3.05, 3.63) is 35.9 Å². The van der Waals surface area contributed by atoms with E-state index in [1.807, 2.05) is 18.0 Å². The molecule has 162 valence electrons. The number of nitrogens with zero attached hydrogens (tertiary/aromatic N) is 2. The molecule has 1 heterocycles. The number of carbonyl (C=O) groups excluding carboxylic acids is 1. The summed E-state index contributed by atoms with van der Waals surface area (Å²) in [6, 6.07) is 10.4. The Bertz CT molecular complexity index is 644. The average Bonchev–Trinajstić information content (AvgIpc) is 3.08. The molecule has 0 radical (unpaired) electrons. The standard InChI is InChI=1S/C23H36N4O.HI/c1-18-8-10-20(11-9-18)15-25-23(24-2)26-16-21-14-22(28)27(17-21)13-12-19-6-4-3-5-7-19;/h3-7,18,20-21H,8-17H2,1-2H3,(H2,24,25,26);1H. The number of aliphatic imine (C=N–C) groups is 1. The smallest absolute Gasteiger partial charge is 0.223 e. The lowest BCUT2D eigenvalue weighted by Crippen LogP contribution is -2.42. The first-order chi connectivity index (χ1) is 13.6. The fraction of sp³-hybridized carbons (Fsp3) is 0.652. The molecule has 1 aliphatic carbocycles. The van der Waals surface area contributed by atoms with E-state index in [2.05, 4.69) is 46.8 Å². The molecule has 3 rings (SSSR count). The number of guanidine groups is 1. The first-order valence-corrected chi connectivity index (χ1v) is 10.9. The number of nitrogens with one attached hydrogen (secondary N) is 2. The molecule has 0 spiro atoms. The van der Waals surface area contributed by atoms with Crippen LogP contribution in [0.1, 0.15) is 44.6 Å². The molecule has 6 heteroatoms. The van der Waals surface area contributed by atoms with E-state index in [-0.39, 0.29) is 29.9 Å². The molecule has 2 fully saturated rings. The van der Waals surface area contributed by atoms with Gasteiger partial charge in [0.05, 0.1) is 0 Å². The number of hydrogen-bond acceptors (Lipinski definition) is 2. The molecule has 5 nitrogen and oxygen atoms in total. The van der Waals surface area contributed by atoms with Crippen molar-refractivity contribution in [3.8, 4) is 0 Å². The third-order valence-electron chi connectivity index (χ3n) is 6.28. The monoisotopic (exact) mass is 512 g/mol. The Morgan fingerprint density at radius 2 is 1.72 bits per heavy atom. The van der Waals surface area contributed by atoms with E-state index in [4.69, 9.17) is 0 Å². The molecule has 29 heavy (non-hydrogen) atoms. The van der Waals surface area contributed by atoms with Crippen molar-refractivity contribution < 1.29 is 4.79 Å². The highest BCUT2D eigenvalue weighted by Gasteiger charge is 2.29. The molecule has 1 saturated carbocycles. The lowest BCUT2D eigenvalue weighted by Gasteiger charge is -2.27. The third-order valence-corrected chi connectivity index (χ3v) is 6.28. The molecule has 0 bridgehead atoms. The Morgan fingerprint density at radius 3 is 2.38 bits per heavy atom. The molecule has 0 aromatic heterocycles. The number of likely N-dealkylation sites (tertiary alicyclic amines) is 1. The van der Waals surface area contributed by atoms with E-state index in [0.717, 1.165) is 50.4 Å². The largest absolute Gasteiger partial charge is 0.356 e. The zero-order chi connectivity index (χ0) is 19.8. The Balaban J connectivity index is 0.00000300. The minimum absolute atomic E-state index is 0. The number of benzene rings is 1. The minimum atomic E-state index is 0. The summed E-state index contributed by atoms with van der Waals surface area (Å²) in [6.45, 7) is 5.81. The first-order valence-electron chi connectivity index (χ1n) is 10.9. The fourth-order valence-electron chi connectivity index (χ4n) is 4.35. The molecule has 1 aliphatic heterocycles. The Hall–Kier alpha value is -1.31. The number of rotatable bonds is 7. The number of hydrogen-bond donors (Lipinski definition) is 2. The quantitative estimate of drug-likeness (QED) is 0.333. The maximum absolute atomic E-state index is 12.3. The van der Waals surface area contributed by atoms with Crippen LogP contribution in [-0.2, 0) is 11.2 Å². The van der Waals surface area contributed by atoms with Gasteiger partial charge in [-0.05, 0) is 36.7 Å². The first kappa shape index (κ1) is 24.0. The van der Waals surface area contributed by atoms with Gasteiger partial charge < -0.3 is 15.5 Å². The van der Waals surface area contributed by atoms with Crippen molar-refractivity contribution >= 4 is 35.8 Å². The van der Waals surface area contributed by atoms with Gasteiger partial charge in [0.25, 0.3) is 0 Å². The number of carbonyl (C=O) groups is 1. The third kappa shape index (κ3) is 7.79. The zero-order valence-electron chi connectivity index (χ0n) is 17.9. The normalized spacial score (nSPS) is 24.9. The maximum atomic E-state index is 12.3. The maximum Gasteiger partial charge on any atom is 0.223 e. The van der Waals surface area contributed by atoms with Gasteiger partial charge in [-0.25, -0.2) is 0 Å². The Labute approximate surface area is 193 Å². The van der Waals surface area contributed by atoms with Gasteiger partial charge in [-0.3, -0.25) is 9.79 Å². The van der Waals surface area contributed by atoms with Crippen molar-refractivity contribution in [2.75, 3.05) is 33.2 Å². The van der Waals surface area contributed by atoms with Crippen molar-refractivity contribution in [2.45, 2.75) is 45.4 Å². The van der Waals surface area contributed by atoms with Gasteiger partial charge in [0.2, 0.25) is 5.91 Å². The topological polar surface area (TPSA) is 56.7 Å². The van der Waals surface area contributed by atoms with E-state index in [1.165, 1.54) is 31.2 Å². The van der Waals surface area contributed by atoms with Gasteiger partial charge in [0, 0.05) is 45.6 Å². The van der Waals surface area contributed by atoms with E-state index < -0.39 is 0 Å². The zero-order valence-corrected chi connectivity index (χ0v) is 20.2. The number of halogens is 1. The van der Waals surface area contributed by atoms with E-state index >= 15 is 0 Å². The van der Waals surface area contributed by atoms with Gasteiger partial charge in [-0.15, -0.1) is 24.0 Å². The fourth-order valence-corrected chi connectivity index (χ4v) is 4.35. The van der Waals surface area contributed by atoms with Crippen LogP contribution in [0.3, 0.4) is 0 Å². The van der Waals surface area contributed by atoms with Crippen LogP contribution in [0.5, 0.6) is 0 Å². The van der Waals surface area contributed by atoms with Gasteiger partial charge in [-0.1, -0.05) is 50.1 Å². The molecule has 2 N–H and O–H groups in total. The van der Waals surface area contributed by atoms with Crippen LogP contribution in [0.4, 0.5) is 0 Å². The van der Waals surface area contributed by atoms with Gasteiger partial charge in [0.1, 0.15) is 0 Å². The SMILES string of the molecule is CN=C(NCC1CCC(C)CC1)NCC1CC(=O)N(CCc2ccccc2)C1.I. The van der Waals surface area contributed by atoms with Crippen molar-refractivity contribution in [1.82, 2.24) is 15.5 Å². The van der Waals surface area contributed by atoms with Gasteiger partial charge in [-0.2, -0.15) is 0 Å².